The van der Waals surface area contributed by atoms with Crippen molar-refractivity contribution in [3.05, 3.63) is 95.1 Å². The normalized spacial score (nSPS) is 11.7. The first-order chi connectivity index (χ1) is 14.5. The average Bonchev–Trinajstić information content (AvgIpc) is 2.73. The van der Waals surface area contributed by atoms with E-state index in [1.807, 2.05) is 48.6 Å². The molecule has 154 valence electrons. The van der Waals surface area contributed by atoms with Crippen molar-refractivity contribution in [2.24, 2.45) is 0 Å². The van der Waals surface area contributed by atoms with Crippen molar-refractivity contribution in [3.8, 4) is 11.5 Å². The summed E-state index contributed by atoms with van der Waals surface area (Å²) in [6.45, 7) is -5.67. The van der Waals surface area contributed by atoms with E-state index < -0.39 is 13.2 Å². The molecule has 0 unspecified atom stereocenters. The maximum Gasteiger partial charge on any atom is 0.387 e. The molecule has 0 atom stereocenters. The van der Waals surface area contributed by atoms with Gasteiger partial charge < -0.3 is 9.47 Å². The molecular weight excluding hydrogens is 396 g/mol. The highest BCUT2D eigenvalue weighted by Gasteiger charge is 2.03. The Hall–Kier alpha value is -3.54. The minimum Gasteiger partial charge on any atom is -0.435 e. The number of rotatable bonds is 8. The first-order valence-corrected chi connectivity index (χ1v) is 9.04. The van der Waals surface area contributed by atoms with Crippen molar-refractivity contribution in [1.29, 1.82) is 0 Å². The molecule has 0 aliphatic carbocycles. The Morgan fingerprint density at radius 3 is 0.900 bits per heavy atom. The molecule has 3 aromatic rings. The van der Waals surface area contributed by atoms with E-state index in [4.69, 9.17) is 0 Å². The van der Waals surface area contributed by atoms with Gasteiger partial charge in [-0.25, -0.2) is 0 Å². The van der Waals surface area contributed by atoms with E-state index in [1.54, 1.807) is 24.3 Å². The molecular formula is C24H18F4O2. The molecule has 2 nitrogen and oxygen atoms in total. The first-order valence-electron chi connectivity index (χ1n) is 9.04. The second-order valence-corrected chi connectivity index (χ2v) is 6.23. The Morgan fingerprint density at radius 1 is 0.433 bits per heavy atom. The van der Waals surface area contributed by atoms with Crippen LogP contribution in [0, 0.1) is 0 Å². The Labute approximate surface area is 171 Å². The zero-order chi connectivity index (χ0) is 21.3. The van der Waals surface area contributed by atoms with Gasteiger partial charge in [-0.15, -0.1) is 0 Å². The van der Waals surface area contributed by atoms with Crippen LogP contribution in [0.2, 0.25) is 0 Å². The van der Waals surface area contributed by atoms with Crippen molar-refractivity contribution < 1.29 is 27.0 Å². The lowest BCUT2D eigenvalue weighted by molar-refractivity contribution is -0.0505. The molecule has 0 saturated heterocycles. The van der Waals surface area contributed by atoms with Crippen molar-refractivity contribution in [2.75, 3.05) is 0 Å². The Morgan fingerprint density at radius 2 is 0.667 bits per heavy atom. The topological polar surface area (TPSA) is 18.5 Å². The molecule has 0 N–H and O–H groups in total. The smallest absolute Gasteiger partial charge is 0.387 e. The van der Waals surface area contributed by atoms with Gasteiger partial charge in [-0.3, -0.25) is 0 Å². The van der Waals surface area contributed by atoms with Crippen LogP contribution in [0.25, 0.3) is 24.3 Å². The van der Waals surface area contributed by atoms with Gasteiger partial charge in [0.1, 0.15) is 11.5 Å². The van der Waals surface area contributed by atoms with E-state index in [9.17, 15) is 17.6 Å². The van der Waals surface area contributed by atoms with Crippen LogP contribution in [-0.2, 0) is 0 Å². The van der Waals surface area contributed by atoms with Gasteiger partial charge in [-0.05, 0) is 46.5 Å². The van der Waals surface area contributed by atoms with Gasteiger partial charge in [-0.1, -0.05) is 72.8 Å². The molecule has 0 spiro atoms. The summed E-state index contributed by atoms with van der Waals surface area (Å²) in [5.41, 5.74) is 3.68. The summed E-state index contributed by atoms with van der Waals surface area (Å²) >= 11 is 0. The predicted molar refractivity (Wildman–Crippen MR) is 110 cm³/mol. The molecule has 0 radical (unpaired) electrons. The van der Waals surface area contributed by atoms with Gasteiger partial charge in [0.25, 0.3) is 0 Å². The zero-order valence-corrected chi connectivity index (χ0v) is 15.7. The lowest BCUT2D eigenvalue weighted by Crippen LogP contribution is -2.01. The summed E-state index contributed by atoms with van der Waals surface area (Å²) in [5.74, 6) is 0.240. The monoisotopic (exact) mass is 414 g/mol. The second-order valence-electron chi connectivity index (χ2n) is 6.23. The maximum absolute atomic E-state index is 12.2. The summed E-state index contributed by atoms with van der Waals surface area (Å²) < 4.78 is 57.3. The molecule has 6 heteroatoms. The van der Waals surface area contributed by atoms with Crippen LogP contribution in [0.3, 0.4) is 0 Å². The summed E-state index contributed by atoms with van der Waals surface area (Å²) in [5, 5.41) is 0. The van der Waals surface area contributed by atoms with Crippen molar-refractivity contribution in [3.63, 3.8) is 0 Å². The number of halogens is 4. The summed E-state index contributed by atoms with van der Waals surface area (Å²) in [6, 6.07) is 20.6. The predicted octanol–water partition coefficient (Wildman–Crippen LogP) is 7.23. The molecule has 0 amide bonds. The largest absolute Gasteiger partial charge is 0.435 e. The van der Waals surface area contributed by atoms with E-state index in [2.05, 4.69) is 9.47 Å². The van der Waals surface area contributed by atoms with Crippen LogP contribution in [0.15, 0.2) is 72.8 Å². The van der Waals surface area contributed by atoms with Crippen LogP contribution in [0.4, 0.5) is 17.6 Å². The van der Waals surface area contributed by atoms with Crippen molar-refractivity contribution >= 4 is 24.3 Å². The van der Waals surface area contributed by atoms with E-state index in [0.717, 1.165) is 22.3 Å². The quantitative estimate of drug-likeness (QED) is 0.286. The van der Waals surface area contributed by atoms with E-state index in [0.29, 0.717) is 0 Å². The highest BCUT2D eigenvalue weighted by molar-refractivity contribution is 5.73. The first kappa shape index (κ1) is 21.2. The fourth-order valence-electron chi connectivity index (χ4n) is 2.62. The number of benzene rings is 3. The Kier molecular flexibility index (Phi) is 7.27. The summed E-state index contributed by atoms with van der Waals surface area (Å²) in [6.07, 6.45) is 7.58. The molecule has 0 aliphatic heterocycles. The fraction of sp³-hybridized carbons (Fsp3) is 0.0833. The van der Waals surface area contributed by atoms with Crippen molar-refractivity contribution in [2.45, 2.75) is 13.2 Å². The highest BCUT2D eigenvalue weighted by atomic mass is 19.3. The number of ether oxygens (including phenoxy) is 2. The SMILES string of the molecule is FC(F)Oc1ccc(/C=C/c2ccc(/C=C/c3ccc(OC(F)F)cc3)cc2)cc1. The van der Waals surface area contributed by atoms with Gasteiger partial charge in [0.05, 0.1) is 0 Å². The minimum atomic E-state index is -2.84. The molecule has 0 heterocycles. The third kappa shape index (κ3) is 6.81. The third-order valence-electron chi connectivity index (χ3n) is 4.08. The van der Waals surface area contributed by atoms with Crippen LogP contribution >= 0.6 is 0 Å². The number of alkyl halides is 4. The van der Waals surface area contributed by atoms with Gasteiger partial charge in [0.15, 0.2) is 0 Å². The lowest BCUT2D eigenvalue weighted by Gasteiger charge is -2.04. The van der Waals surface area contributed by atoms with Crippen LogP contribution in [0.5, 0.6) is 11.5 Å². The standard InChI is InChI=1S/C24H18F4O2/c25-23(26)29-21-13-9-19(10-14-21)7-5-17-1-2-18(4-3-17)6-8-20-11-15-22(16-12-20)30-24(27)28/h1-16,23-24H/b7-5+,8-6+. The molecule has 0 bridgehead atoms. The lowest BCUT2D eigenvalue weighted by atomic mass is 10.1. The summed E-state index contributed by atoms with van der Waals surface area (Å²) in [7, 11) is 0. The van der Waals surface area contributed by atoms with E-state index >= 15 is 0 Å². The molecule has 0 aromatic heterocycles. The highest BCUT2D eigenvalue weighted by Crippen LogP contribution is 2.18. The van der Waals surface area contributed by atoms with Gasteiger partial charge in [-0.2, -0.15) is 17.6 Å². The molecule has 0 saturated carbocycles. The Bertz CT molecular complexity index is 895. The molecule has 30 heavy (non-hydrogen) atoms. The van der Waals surface area contributed by atoms with Crippen molar-refractivity contribution in [1.82, 2.24) is 0 Å². The Balaban J connectivity index is 1.58. The zero-order valence-electron chi connectivity index (χ0n) is 15.7. The molecule has 0 fully saturated rings. The molecule has 0 aliphatic rings. The second kappa shape index (κ2) is 10.3. The number of hydrogen-bond acceptors (Lipinski definition) is 2. The fourth-order valence-corrected chi connectivity index (χ4v) is 2.62. The molecule has 3 rings (SSSR count). The summed E-state index contributed by atoms with van der Waals surface area (Å²) in [4.78, 5) is 0. The number of hydrogen-bond donors (Lipinski definition) is 0. The van der Waals surface area contributed by atoms with Gasteiger partial charge in [0.2, 0.25) is 0 Å². The third-order valence-corrected chi connectivity index (χ3v) is 4.08. The molecule has 3 aromatic carbocycles. The van der Waals surface area contributed by atoms with Gasteiger partial charge >= 0.3 is 13.2 Å². The average molecular weight is 414 g/mol. The minimum absolute atomic E-state index is 0.120. The maximum atomic E-state index is 12.2. The van der Waals surface area contributed by atoms with Gasteiger partial charge in [0, 0.05) is 0 Å². The van der Waals surface area contributed by atoms with Crippen LogP contribution < -0.4 is 9.47 Å². The van der Waals surface area contributed by atoms with E-state index in [1.165, 1.54) is 24.3 Å². The van der Waals surface area contributed by atoms with E-state index in [-0.39, 0.29) is 11.5 Å². The van der Waals surface area contributed by atoms with Crippen LogP contribution in [-0.4, -0.2) is 13.2 Å². The van der Waals surface area contributed by atoms with Crippen LogP contribution in [0.1, 0.15) is 22.3 Å².